The molecule has 0 amide bonds. The molecule has 0 aliphatic carbocycles. The SMILES string of the molecule is [C-]#[N+]c1c(Cl)c(C#N)c(Cl)c(Cl)c1Cc1c(F)cccc1F. The number of hydrogen-bond acceptors (Lipinski definition) is 1. The maximum absolute atomic E-state index is 13.8. The number of rotatable bonds is 2. The third-order valence-electron chi connectivity index (χ3n) is 3.03. The molecular formula is C15H5Cl3F2N2. The molecule has 0 aliphatic rings. The Morgan fingerprint density at radius 1 is 1.05 bits per heavy atom. The van der Waals surface area contributed by atoms with E-state index in [-0.39, 0.29) is 43.9 Å². The number of nitrogens with zero attached hydrogens (tertiary/aromatic N) is 2. The van der Waals surface area contributed by atoms with Crippen LogP contribution >= 0.6 is 34.8 Å². The molecule has 2 nitrogen and oxygen atoms in total. The zero-order valence-electron chi connectivity index (χ0n) is 10.7. The Morgan fingerprint density at radius 3 is 2.14 bits per heavy atom. The second-order valence-electron chi connectivity index (χ2n) is 4.24. The molecule has 0 saturated carbocycles. The highest BCUT2D eigenvalue weighted by Crippen LogP contribution is 2.44. The molecule has 0 bridgehead atoms. The lowest BCUT2D eigenvalue weighted by Gasteiger charge is -2.13. The fourth-order valence-corrected chi connectivity index (χ4v) is 2.79. The maximum Gasteiger partial charge on any atom is 0.211 e. The first-order valence-corrected chi connectivity index (χ1v) is 6.95. The molecule has 0 unspecified atom stereocenters. The lowest BCUT2D eigenvalue weighted by atomic mass is 10.0. The van der Waals surface area contributed by atoms with E-state index in [0.29, 0.717) is 0 Å². The van der Waals surface area contributed by atoms with Crippen LogP contribution in [0.3, 0.4) is 0 Å². The minimum Gasteiger partial charge on any atom is -0.236 e. The molecule has 7 heteroatoms. The average Bonchev–Trinajstić information content (AvgIpc) is 2.48. The van der Waals surface area contributed by atoms with E-state index >= 15 is 0 Å². The summed E-state index contributed by atoms with van der Waals surface area (Å²) in [5.41, 5.74) is -0.465. The van der Waals surface area contributed by atoms with Crippen molar-refractivity contribution in [1.29, 1.82) is 5.26 Å². The van der Waals surface area contributed by atoms with E-state index in [1.807, 2.05) is 0 Å². The van der Waals surface area contributed by atoms with Gasteiger partial charge in [0, 0.05) is 5.56 Å². The standard InChI is InChI=1S/C15H5Cl3F2N2/c1-22-15-8(5-7-10(19)3-2-4-11(7)20)12(16)13(17)9(6-21)14(15)18/h2-4H,5H2. The Balaban J connectivity index is 2.72. The van der Waals surface area contributed by atoms with Crippen molar-refractivity contribution in [2.75, 3.05) is 0 Å². The van der Waals surface area contributed by atoms with E-state index in [2.05, 4.69) is 4.85 Å². The average molecular weight is 358 g/mol. The van der Waals surface area contributed by atoms with E-state index in [4.69, 9.17) is 46.6 Å². The Bertz CT molecular complexity index is 831. The molecule has 0 spiro atoms. The lowest BCUT2D eigenvalue weighted by Crippen LogP contribution is -2.00. The summed E-state index contributed by atoms with van der Waals surface area (Å²) in [7, 11) is 0. The smallest absolute Gasteiger partial charge is 0.211 e. The number of benzene rings is 2. The Kier molecular flexibility index (Phi) is 4.88. The van der Waals surface area contributed by atoms with Crippen LogP contribution in [0, 0.1) is 29.5 Å². The summed E-state index contributed by atoms with van der Waals surface area (Å²) in [5.74, 6) is -1.55. The van der Waals surface area contributed by atoms with E-state index in [0.717, 1.165) is 12.1 Å². The van der Waals surface area contributed by atoms with Gasteiger partial charge in [-0.25, -0.2) is 13.6 Å². The van der Waals surface area contributed by atoms with Crippen LogP contribution in [-0.4, -0.2) is 0 Å². The first kappa shape index (κ1) is 16.5. The molecule has 0 atom stereocenters. The summed E-state index contributed by atoms with van der Waals surface area (Å²) >= 11 is 18.0. The molecule has 2 rings (SSSR count). The molecular weight excluding hydrogens is 353 g/mol. The Labute approximate surface area is 140 Å². The number of nitriles is 1. The molecule has 0 aromatic heterocycles. The van der Waals surface area contributed by atoms with Gasteiger partial charge in [-0.15, -0.1) is 0 Å². The van der Waals surface area contributed by atoms with Gasteiger partial charge in [0.1, 0.15) is 17.7 Å². The van der Waals surface area contributed by atoms with E-state index < -0.39 is 11.6 Å². The van der Waals surface area contributed by atoms with Gasteiger partial charge in [-0.3, -0.25) is 0 Å². The van der Waals surface area contributed by atoms with Gasteiger partial charge >= 0.3 is 0 Å². The Hall–Kier alpha value is -1.85. The molecule has 22 heavy (non-hydrogen) atoms. The highest BCUT2D eigenvalue weighted by atomic mass is 35.5. The van der Waals surface area contributed by atoms with Crippen LogP contribution in [0.2, 0.25) is 15.1 Å². The monoisotopic (exact) mass is 356 g/mol. The van der Waals surface area contributed by atoms with Crippen LogP contribution in [0.4, 0.5) is 14.5 Å². The van der Waals surface area contributed by atoms with Crippen LogP contribution in [0.1, 0.15) is 16.7 Å². The van der Waals surface area contributed by atoms with Gasteiger partial charge in [-0.1, -0.05) is 40.9 Å². The fourth-order valence-electron chi connectivity index (χ4n) is 1.95. The van der Waals surface area contributed by atoms with Crippen molar-refractivity contribution in [1.82, 2.24) is 0 Å². The summed E-state index contributed by atoms with van der Waals surface area (Å²) in [5, 5.41) is 8.57. The van der Waals surface area contributed by atoms with Crippen molar-refractivity contribution in [2.45, 2.75) is 6.42 Å². The maximum atomic E-state index is 13.8. The predicted molar refractivity (Wildman–Crippen MR) is 81.6 cm³/mol. The van der Waals surface area contributed by atoms with Gasteiger partial charge in [0.15, 0.2) is 0 Å². The third-order valence-corrected chi connectivity index (χ3v) is 4.29. The molecule has 0 radical (unpaired) electrons. The van der Waals surface area contributed by atoms with E-state index in [9.17, 15) is 8.78 Å². The summed E-state index contributed by atoms with van der Waals surface area (Å²) < 4.78 is 27.5. The van der Waals surface area contributed by atoms with Gasteiger partial charge < -0.3 is 0 Å². The van der Waals surface area contributed by atoms with Crippen LogP contribution in [0.15, 0.2) is 18.2 Å². The van der Waals surface area contributed by atoms with Crippen molar-refractivity contribution < 1.29 is 8.78 Å². The quantitative estimate of drug-likeness (QED) is 0.483. The summed E-state index contributed by atoms with van der Waals surface area (Å²) in [6.07, 6.45) is -0.305. The molecule has 0 aliphatic heterocycles. The second-order valence-corrected chi connectivity index (χ2v) is 5.38. The molecule has 0 saturated heterocycles. The van der Waals surface area contributed by atoms with Gasteiger partial charge in [-0.2, -0.15) is 5.26 Å². The topological polar surface area (TPSA) is 28.1 Å². The van der Waals surface area contributed by atoms with Crippen LogP contribution < -0.4 is 0 Å². The van der Waals surface area contributed by atoms with Crippen molar-refractivity contribution >= 4 is 40.5 Å². The predicted octanol–water partition coefficient (Wildman–Crippen LogP) is 5.94. The largest absolute Gasteiger partial charge is 0.236 e. The highest BCUT2D eigenvalue weighted by molar-refractivity contribution is 6.46. The first-order chi connectivity index (χ1) is 10.4. The zero-order chi connectivity index (χ0) is 16.4. The van der Waals surface area contributed by atoms with Crippen molar-refractivity contribution in [3.05, 3.63) is 73.0 Å². The van der Waals surface area contributed by atoms with Crippen LogP contribution in [0.5, 0.6) is 0 Å². The summed E-state index contributed by atoms with van der Waals surface area (Å²) in [6, 6.07) is 5.17. The lowest BCUT2D eigenvalue weighted by molar-refractivity contribution is 0.561. The van der Waals surface area contributed by atoms with Crippen molar-refractivity contribution in [3.8, 4) is 6.07 Å². The Morgan fingerprint density at radius 2 is 1.64 bits per heavy atom. The van der Waals surface area contributed by atoms with Crippen molar-refractivity contribution in [3.63, 3.8) is 0 Å². The number of halogens is 5. The fraction of sp³-hybridized carbons (Fsp3) is 0.0667. The minimum absolute atomic E-state index is 0.0784. The molecule has 0 fully saturated rings. The normalized spacial score (nSPS) is 10.1. The highest BCUT2D eigenvalue weighted by Gasteiger charge is 2.23. The molecule has 110 valence electrons. The summed E-state index contributed by atoms with van der Waals surface area (Å²) in [4.78, 5) is 3.22. The molecule has 2 aromatic carbocycles. The first-order valence-electron chi connectivity index (χ1n) is 5.82. The zero-order valence-corrected chi connectivity index (χ0v) is 13.0. The third kappa shape index (κ3) is 2.74. The molecule has 2 aromatic rings. The summed E-state index contributed by atoms with van der Waals surface area (Å²) in [6.45, 7) is 7.18. The van der Waals surface area contributed by atoms with Crippen molar-refractivity contribution in [2.24, 2.45) is 0 Å². The molecule has 0 N–H and O–H groups in total. The van der Waals surface area contributed by atoms with E-state index in [1.54, 1.807) is 6.07 Å². The second kappa shape index (κ2) is 6.50. The van der Waals surface area contributed by atoms with Crippen LogP contribution in [0.25, 0.3) is 4.85 Å². The van der Waals surface area contributed by atoms with Gasteiger partial charge in [0.25, 0.3) is 0 Å². The van der Waals surface area contributed by atoms with Crippen LogP contribution in [-0.2, 0) is 6.42 Å². The van der Waals surface area contributed by atoms with Gasteiger partial charge in [-0.05, 0) is 24.1 Å². The van der Waals surface area contributed by atoms with Gasteiger partial charge in [0.2, 0.25) is 5.69 Å². The van der Waals surface area contributed by atoms with Gasteiger partial charge in [0.05, 0.1) is 27.2 Å². The minimum atomic E-state index is -0.774. The molecule has 0 heterocycles. The number of hydrogen-bond donors (Lipinski definition) is 0. The van der Waals surface area contributed by atoms with E-state index in [1.165, 1.54) is 6.07 Å².